The molecule has 0 aliphatic rings. The summed E-state index contributed by atoms with van der Waals surface area (Å²) < 4.78 is 5.17. The van der Waals surface area contributed by atoms with Crippen molar-refractivity contribution in [2.24, 2.45) is 21.7 Å². The Bertz CT molecular complexity index is 661. The second kappa shape index (κ2) is 5.26. The predicted octanol–water partition coefficient (Wildman–Crippen LogP) is 1.16. The lowest BCUT2D eigenvalue weighted by Crippen LogP contribution is -2.21. The first-order valence-corrected chi connectivity index (χ1v) is 5.53. The summed E-state index contributed by atoms with van der Waals surface area (Å²) in [6.45, 7) is 0. The molecule has 6 nitrogen and oxygen atoms in total. The molecule has 2 aromatic carbocycles. The van der Waals surface area contributed by atoms with Crippen molar-refractivity contribution in [1.29, 1.82) is 0 Å². The molecule has 0 fully saturated rings. The number of methoxy groups -OCH3 is 1. The van der Waals surface area contributed by atoms with E-state index in [-0.39, 0.29) is 11.7 Å². The lowest BCUT2D eigenvalue weighted by Gasteiger charge is -2.06. The van der Waals surface area contributed by atoms with E-state index >= 15 is 0 Å². The monoisotopic (exact) mass is 258 g/mol. The number of nitrogens with zero attached hydrogens (tertiary/aromatic N) is 2. The van der Waals surface area contributed by atoms with E-state index in [1.54, 1.807) is 13.2 Å². The third-order valence-electron chi connectivity index (χ3n) is 2.61. The molecule has 0 aliphatic heterocycles. The van der Waals surface area contributed by atoms with Gasteiger partial charge in [0.05, 0.1) is 13.3 Å². The molecule has 0 bridgehead atoms. The van der Waals surface area contributed by atoms with Crippen molar-refractivity contribution in [2.45, 2.75) is 0 Å². The molecule has 98 valence electrons. The molecule has 0 unspecified atom stereocenters. The number of fused-ring (bicyclic) bond motifs is 1. The van der Waals surface area contributed by atoms with E-state index in [0.717, 1.165) is 10.8 Å². The second-order valence-electron chi connectivity index (χ2n) is 3.85. The van der Waals surface area contributed by atoms with Crippen molar-refractivity contribution in [3.05, 3.63) is 35.9 Å². The molecule has 19 heavy (non-hydrogen) atoms. The van der Waals surface area contributed by atoms with E-state index in [1.807, 2.05) is 24.3 Å². The zero-order chi connectivity index (χ0) is 13.8. The van der Waals surface area contributed by atoms with E-state index in [4.69, 9.17) is 16.2 Å². The van der Waals surface area contributed by atoms with Gasteiger partial charge in [-0.2, -0.15) is 5.10 Å². The minimum atomic E-state index is -0.145. The van der Waals surface area contributed by atoms with Gasteiger partial charge in [-0.05, 0) is 29.0 Å². The quantitative estimate of drug-likeness (QED) is 0.436. The fourth-order valence-corrected chi connectivity index (χ4v) is 1.73. The zero-order valence-corrected chi connectivity index (χ0v) is 10.4. The maximum absolute atomic E-state index is 9.89. The van der Waals surface area contributed by atoms with Crippen molar-refractivity contribution >= 4 is 22.9 Å². The molecule has 0 heterocycles. The number of aromatic hydroxyl groups is 1. The van der Waals surface area contributed by atoms with Gasteiger partial charge in [-0.25, -0.2) is 0 Å². The summed E-state index contributed by atoms with van der Waals surface area (Å²) in [6.07, 6.45) is 1.40. The molecule has 0 saturated carbocycles. The summed E-state index contributed by atoms with van der Waals surface area (Å²) >= 11 is 0. The van der Waals surface area contributed by atoms with Gasteiger partial charge in [0.15, 0.2) is 0 Å². The van der Waals surface area contributed by atoms with Gasteiger partial charge in [-0.3, -0.25) is 0 Å². The van der Waals surface area contributed by atoms with E-state index in [0.29, 0.717) is 11.3 Å². The highest BCUT2D eigenvalue weighted by molar-refractivity contribution is 6.03. The number of ether oxygens (including phenoxy) is 1. The summed E-state index contributed by atoms with van der Waals surface area (Å²) in [6, 6.07) is 8.95. The van der Waals surface area contributed by atoms with Crippen LogP contribution in [0, 0.1) is 0 Å². The van der Waals surface area contributed by atoms with Crippen LogP contribution in [-0.4, -0.2) is 24.4 Å². The number of guanidine groups is 1. The molecule has 2 aromatic rings. The molecule has 5 N–H and O–H groups in total. The summed E-state index contributed by atoms with van der Waals surface area (Å²) in [5.74, 6) is 0.637. The van der Waals surface area contributed by atoms with E-state index < -0.39 is 0 Å². The molecule has 0 aromatic heterocycles. The maximum atomic E-state index is 9.89. The SMILES string of the molecule is COc1ccc2ccc(O)c(C=NN=C(N)N)c2c1. The third-order valence-corrected chi connectivity index (χ3v) is 2.61. The number of rotatable bonds is 3. The van der Waals surface area contributed by atoms with Crippen LogP contribution in [-0.2, 0) is 0 Å². The smallest absolute Gasteiger partial charge is 0.211 e. The summed E-state index contributed by atoms with van der Waals surface area (Å²) in [7, 11) is 1.58. The molecular weight excluding hydrogens is 244 g/mol. The van der Waals surface area contributed by atoms with E-state index in [2.05, 4.69) is 10.2 Å². The first kappa shape index (κ1) is 12.7. The number of hydrogen-bond acceptors (Lipinski definition) is 4. The number of hydrogen-bond donors (Lipinski definition) is 3. The van der Waals surface area contributed by atoms with Crippen LogP contribution in [0.25, 0.3) is 10.8 Å². The summed E-state index contributed by atoms with van der Waals surface area (Å²) in [5.41, 5.74) is 10.9. The third kappa shape index (κ3) is 2.74. The number of nitrogens with two attached hydrogens (primary N) is 2. The molecule has 6 heteroatoms. The predicted molar refractivity (Wildman–Crippen MR) is 75.6 cm³/mol. The van der Waals surface area contributed by atoms with Crippen molar-refractivity contribution in [3.63, 3.8) is 0 Å². The average Bonchev–Trinajstić information content (AvgIpc) is 2.40. The topological polar surface area (TPSA) is 106 Å². The molecule has 0 radical (unpaired) electrons. The van der Waals surface area contributed by atoms with Crippen molar-refractivity contribution in [3.8, 4) is 11.5 Å². The van der Waals surface area contributed by atoms with E-state index in [1.165, 1.54) is 6.21 Å². The molecule has 2 rings (SSSR count). The summed E-state index contributed by atoms with van der Waals surface area (Å²) in [4.78, 5) is 0. The Morgan fingerprint density at radius 3 is 2.68 bits per heavy atom. The molecule has 0 spiro atoms. The fourth-order valence-electron chi connectivity index (χ4n) is 1.73. The first-order valence-electron chi connectivity index (χ1n) is 5.53. The molecule has 0 aliphatic carbocycles. The highest BCUT2D eigenvalue weighted by Crippen LogP contribution is 2.28. The maximum Gasteiger partial charge on any atom is 0.211 e. The normalized spacial score (nSPS) is 10.8. The van der Waals surface area contributed by atoms with Crippen LogP contribution in [0.5, 0.6) is 11.5 Å². The first-order chi connectivity index (χ1) is 9.11. The van der Waals surface area contributed by atoms with Crippen LogP contribution in [0.15, 0.2) is 40.5 Å². The van der Waals surface area contributed by atoms with Gasteiger partial charge in [0, 0.05) is 5.56 Å². The van der Waals surface area contributed by atoms with E-state index in [9.17, 15) is 5.11 Å². The standard InChI is InChI=1S/C13H14N4O2/c1-19-9-4-2-8-3-5-12(18)11(10(8)6-9)7-16-17-13(14)15/h2-7,18H,1H3,(H4,14,15,17). The van der Waals surface area contributed by atoms with Crippen molar-refractivity contribution < 1.29 is 9.84 Å². The van der Waals surface area contributed by atoms with Crippen LogP contribution in [0.4, 0.5) is 0 Å². The van der Waals surface area contributed by atoms with Crippen LogP contribution in [0.2, 0.25) is 0 Å². The molecule has 0 amide bonds. The Hall–Kier alpha value is -2.76. The second-order valence-corrected chi connectivity index (χ2v) is 3.85. The minimum absolute atomic E-state index is 0.0929. The highest BCUT2D eigenvalue weighted by atomic mass is 16.5. The van der Waals surface area contributed by atoms with Gasteiger partial charge in [0.2, 0.25) is 5.96 Å². The van der Waals surface area contributed by atoms with Crippen molar-refractivity contribution in [2.75, 3.05) is 7.11 Å². The fraction of sp³-hybridized carbons (Fsp3) is 0.0769. The minimum Gasteiger partial charge on any atom is -0.507 e. The molecule has 0 saturated heterocycles. The largest absolute Gasteiger partial charge is 0.507 e. The van der Waals surface area contributed by atoms with Gasteiger partial charge in [-0.15, -0.1) is 5.10 Å². The zero-order valence-electron chi connectivity index (χ0n) is 10.4. The van der Waals surface area contributed by atoms with Gasteiger partial charge in [0.1, 0.15) is 11.5 Å². The number of phenols is 1. The van der Waals surface area contributed by atoms with Gasteiger partial charge >= 0.3 is 0 Å². The van der Waals surface area contributed by atoms with Gasteiger partial charge in [0.25, 0.3) is 0 Å². The average molecular weight is 258 g/mol. The Morgan fingerprint density at radius 2 is 2.00 bits per heavy atom. The van der Waals surface area contributed by atoms with Crippen LogP contribution >= 0.6 is 0 Å². The Balaban J connectivity index is 2.59. The number of phenolic OH excluding ortho intramolecular Hbond substituents is 1. The van der Waals surface area contributed by atoms with Crippen LogP contribution in [0.3, 0.4) is 0 Å². The number of benzene rings is 2. The highest BCUT2D eigenvalue weighted by Gasteiger charge is 2.06. The van der Waals surface area contributed by atoms with Crippen LogP contribution < -0.4 is 16.2 Å². The lowest BCUT2D eigenvalue weighted by molar-refractivity contribution is 0.415. The Morgan fingerprint density at radius 1 is 1.26 bits per heavy atom. The molecule has 0 atom stereocenters. The van der Waals surface area contributed by atoms with Crippen LogP contribution in [0.1, 0.15) is 5.56 Å². The van der Waals surface area contributed by atoms with Gasteiger partial charge in [-0.1, -0.05) is 12.1 Å². The Kier molecular flexibility index (Phi) is 3.51. The van der Waals surface area contributed by atoms with Gasteiger partial charge < -0.3 is 21.3 Å². The lowest BCUT2D eigenvalue weighted by atomic mass is 10.0. The Labute approximate surface area is 110 Å². The van der Waals surface area contributed by atoms with Crippen molar-refractivity contribution in [1.82, 2.24) is 0 Å². The summed E-state index contributed by atoms with van der Waals surface area (Å²) in [5, 5.41) is 18.9. The molecular formula is C13H14N4O2.